The standard InChI is InChI=1S/C15H17ClN2O3/c1-3-11-4-5-13(21-11)12(9-20-2)18-15(19)10-6-7-17-14(16)8-10/h4-8,12H,3,9H2,1-2H3,(H,18,19)/t12-/m1/s1. The molecule has 0 aliphatic heterocycles. The quantitative estimate of drug-likeness (QED) is 0.833. The van der Waals surface area contributed by atoms with Crippen LogP contribution in [0.1, 0.15) is 34.8 Å². The molecule has 0 bridgehead atoms. The number of hydrogen-bond acceptors (Lipinski definition) is 4. The maximum atomic E-state index is 12.2. The summed E-state index contributed by atoms with van der Waals surface area (Å²) in [6, 6.07) is 6.51. The number of hydrogen-bond donors (Lipinski definition) is 1. The molecule has 2 heterocycles. The zero-order valence-corrected chi connectivity index (χ0v) is 12.7. The van der Waals surface area contributed by atoms with Gasteiger partial charge in [0, 0.05) is 25.3 Å². The first-order chi connectivity index (χ1) is 10.1. The Kier molecular flexibility index (Phi) is 5.36. The third kappa shape index (κ3) is 4.06. The van der Waals surface area contributed by atoms with Crippen LogP contribution < -0.4 is 5.32 Å². The van der Waals surface area contributed by atoms with E-state index in [0.29, 0.717) is 17.9 Å². The maximum absolute atomic E-state index is 12.2. The number of rotatable bonds is 6. The van der Waals surface area contributed by atoms with Gasteiger partial charge in [-0.1, -0.05) is 18.5 Å². The number of amides is 1. The molecule has 0 aliphatic rings. The number of nitrogens with zero attached hydrogens (tertiary/aromatic N) is 1. The van der Waals surface area contributed by atoms with E-state index >= 15 is 0 Å². The van der Waals surface area contributed by atoms with Crippen LogP contribution in [0.4, 0.5) is 0 Å². The first-order valence-electron chi connectivity index (χ1n) is 6.64. The van der Waals surface area contributed by atoms with Crippen molar-refractivity contribution in [3.05, 3.63) is 52.7 Å². The van der Waals surface area contributed by atoms with Crippen molar-refractivity contribution in [1.29, 1.82) is 0 Å². The highest BCUT2D eigenvalue weighted by atomic mass is 35.5. The van der Waals surface area contributed by atoms with E-state index in [2.05, 4.69) is 10.3 Å². The van der Waals surface area contributed by atoms with Gasteiger partial charge in [0.15, 0.2) is 0 Å². The molecule has 0 radical (unpaired) electrons. The van der Waals surface area contributed by atoms with E-state index in [1.165, 1.54) is 12.3 Å². The minimum Gasteiger partial charge on any atom is -0.464 e. The van der Waals surface area contributed by atoms with Crippen molar-refractivity contribution >= 4 is 17.5 Å². The number of carbonyl (C=O) groups excluding carboxylic acids is 1. The van der Waals surface area contributed by atoms with Gasteiger partial charge in [0.2, 0.25) is 0 Å². The molecule has 1 N–H and O–H groups in total. The maximum Gasteiger partial charge on any atom is 0.252 e. The lowest BCUT2D eigenvalue weighted by Crippen LogP contribution is -2.31. The van der Waals surface area contributed by atoms with Gasteiger partial charge >= 0.3 is 0 Å². The summed E-state index contributed by atoms with van der Waals surface area (Å²) < 4.78 is 10.8. The number of ether oxygens (including phenoxy) is 1. The van der Waals surface area contributed by atoms with Crippen molar-refractivity contribution in [2.24, 2.45) is 0 Å². The molecule has 21 heavy (non-hydrogen) atoms. The number of carbonyl (C=O) groups is 1. The molecule has 0 unspecified atom stereocenters. The van der Waals surface area contributed by atoms with Crippen molar-refractivity contribution in [3.8, 4) is 0 Å². The summed E-state index contributed by atoms with van der Waals surface area (Å²) in [4.78, 5) is 16.1. The lowest BCUT2D eigenvalue weighted by Gasteiger charge is -2.16. The van der Waals surface area contributed by atoms with Crippen molar-refractivity contribution in [1.82, 2.24) is 10.3 Å². The molecule has 1 atom stereocenters. The number of pyridine rings is 1. The topological polar surface area (TPSA) is 64.4 Å². The van der Waals surface area contributed by atoms with Gasteiger partial charge in [-0.3, -0.25) is 4.79 Å². The van der Waals surface area contributed by atoms with Gasteiger partial charge < -0.3 is 14.5 Å². The van der Waals surface area contributed by atoms with Gasteiger partial charge in [0.05, 0.1) is 6.61 Å². The van der Waals surface area contributed by atoms with Crippen molar-refractivity contribution in [2.45, 2.75) is 19.4 Å². The van der Waals surface area contributed by atoms with Crippen LogP contribution in [0.15, 0.2) is 34.9 Å². The zero-order valence-electron chi connectivity index (χ0n) is 11.9. The summed E-state index contributed by atoms with van der Waals surface area (Å²) >= 11 is 5.79. The molecule has 2 aromatic heterocycles. The number of halogens is 1. The van der Waals surface area contributed by atoms with Gasteiger partial charge in [0.1, 0.15) is 22.7 Å². The number of furan rings is 1. The molecule has 5 nitrogen and oxygen atoms in total. The minimum atomic E-state index is -0.352. The Balaban J connectivity index is 2.14. The smallest absolute Gasteiger partial charge is 0.252 e. The fourth-order valence-electron chi connectivity index (χ4n) is 1.92. The van der Waals surface area contributed by atoms with Crippen LogP contribution >= 0.6 is 11.6 Å². The molecule has 0 fully saturated rings. The lowest BCUT2D eigenvalue weighted by molar-refractivity contribution is 0.0882. The molecular formula is C15H17ClN2O3. The van der Waals surface area contributed by atoms with E-state index in [9.17, 15) is 4.79 Å². The van der Waals surface area contributed by atoms with Crippen LogP contribution in [0.25, 0.3) is 0 Å². The second kappa shape index (κ2) is 7.24. The molecule has 2 rings (SSSR count). The summed E-state index contributed by atoms with van der Waals surface area (Å²) in [5.41, 5.74) is 0.443. The van der Waals surface area contributed by atoms with E-state index in [1.807, 2.05) is 19.1 Å². The van der Waals surface area contributed by atoms with Crippen LogP contribution in [0.2, 0.25) is 5.15 Å². The summed E-state index contributed by atoms with van der Waals surface area (Å²) in [5.74, 6) is 1.28. The lowest BCUT2D eigenvalue weighted by atomic mass is 10.2. The molecule has 0 aliphatic carbocycles. The van der Waals surface area contributed by atoms with E-state index in [1.54, 1.807) is 13.2 Å². The Morgan fingerprint density at radius 2 is 2.29 bits per heavy atom. The summed E-state index contributed by atoms with van der Waals surface area (Å²) in [6.07, 6.45) is 2.29. The minimum absolute atomic E-state index is 0.254. The van der Waals surface area contributed by atoms with Gasteiger partial charge in [0.25, 0.3) is 5.91 Å². The number of nitrogens with one attached hydrogen (secondary N) is 1. The average Bonchev–Trinajstić information content (AvgIpc) is 2.95. The highest BCUT2D eigenvalue weighted by Gasteiger charge is 2.19. The third-order valence-corrected chi connectivity index (χ3v) is 3.21. The molecule has 0 spiro atoms. The summed E-state index contributed by atoms with van der Waals surface area (Å²) in [7, 11) is 1.58. The number of aromatic nitrogens is 1. The molecule has 0 aromatic carbocycles. The highest BCUT2D eigenvalue weighted by molar-refractivity contribution is 6.29. The first-order valence-corrected chi connectivity index (χ1v) is 7.01. The predicted molar refractivity (Wildman–Crippen MR) is 79.4 cm³/mol. The van der Waals surface area contributed by atoms with Gasteiger partial charge in [-0.05, 0) is 24.3 Å². The van der Waals surface area contributed by atoms with Gasteiger partial charge in [-0.2, -0.15) is 0 Å². The fourth-order valence-corrected chi connectivity index (χ4v) is 2.09. The van der Waals surface area contributed by atoms with E-state index in [-0.39, 0.29) is 17.1 Å². The second-order valence-electron chi connectivity index (χ2n) is 4.51. The Bertz CT molecular complexity index is 612. The van der Waals surface area contributed by atoms with Crippen molar-refractivity contribution in [3.63, 3.8) is 0 Å². The molecule has 112 valence electrons. The molecule has 2 aromatic rings. The zero-order chi connectivity index (χ0) is 15.2. The average molecular weight is 309 g/mol. The molecule has 0 saturated heterocycles. The third-order valence-electron chi connectivity index (χ3n) is 3.00. The van der Waals surface area contributed by atoms with Crippen LogP contribution in [-0.2, 0) is 11.2 Å². The van der Waals surface area contributed by atoms with Crippen LogP contribution in [-0.4, -0.2) is 24.6 Å². The predicted octanol–water partition coefficient (Wildman–Crippen LogP) is 3.01. The van der Waals surface area contributed by atoms with E-state index in [4.69, 9.17) is 20.8 Å². The Morgan fingerprint density at radius 1 is 1.48 bits per heavy atom. The Hall–Kier alpha value is -1.85. The molecule has 0 saturated carbocycles. The number of methoxy groups -OCH3 is 1. The van der Waals surface area contributed by atoms with Crippen molar-refractivity contribution < 1.29 is 13.9 Å². The van der Waals surface area contributed by atoms with Crippen LogP contribution in [0, 0.1) is 0 Å². The normalized spacial score (nSPS) is 12.1. The number of aryl methyl sites for hydroxylation is 1. The highest BCUT2D eigenvalue weighted by Crippen LogP contribution is 2.18. The molecule has 1 amide bonds. The summed E-state index contributed by atoms with van der Waals surface area (Å²) in [6.45, 7) is 2.33. The molecule has 6 heteroatoms. The second-order valence-corrected chi connectivity index (χ2v) is 4.89. The first kappa shape index (κ1) is 15.5. The largest absolute Gasteiger partial charge is 0.464 e. The monoisotopic (exact) mass is 308 g/mol. The van der Waals surface area contributed by atoms with Crippen LogP contribution in [0.5, 0.6) is 0 Å². The fraction of sp³-hybridized carbons (Fsp3) is 0.333. The van der Waals surface area contributed by atoms with Crippen molar-refractivity contribution in [2.75, 3.05) is 13.7 Å². The SMILES string of the molecule is CCc1ccc([C@@H](COC)NC(=O)c2ccnc(Cl)c2)o1. The molecular weight excluding hydrogens is 292 g/mol. The Labute approximate surface area is 128 Å². The summed E-state index contributed by atoms with van der Waals surface area (Å²) in [5, 5.41) is 3.15. The Morgan fingerprint density at radius 3 is 2.90 bits per heavy atom. The van der Waals surface area contributed by atoms with Crippen LogP contribution in [0.3, 0.4) is 0 Å². The van der Waals surface area contributed by atoms with E-state index < -0.39 is 0 Å². The van der Waals surface area contributed by atoms with Gasteiger partial charge in [-0.25, -0.2) is 4.98 Å². The van der Waals surface area contributed by atoms with E-state index in [0.717, 1.165) is 12.2 Å². The van der Waals surface area contributed by atoms with Gasteiger partial charge in [-0.15, -0.1) is 0 Å².